The van der Waals surface area contributed by atoms with E-state index in [0.29, 0.717) is 0 Å². The molecule has 1 aliphatic carbocycles. The summed E-state index contributed by atoms with van der Waals surface area (Å²) in [7, 11) is 0. The Morgan fingerprint density at radius 1 is 0.263 bits per heavy atom. The standard InChI is InChI=1S/C73H47NO2/c1-3-20-53(21-4-1)73(54-22-5-2-6-23-54)66-32-11-7-25-60(66)65-47-51(40-45-67(65)73)50-18-15-19-52(46-50)57-24-8-12-33-68(57)74(55-41-36-48(37-42-55)58-28-16-30-63-61-26-9-13-34-69(61)75-71(58)63)56-43-38-49(39-44-56)59-29-17-31-64-62-27-10-14-35-70(62)76-72(59)64/h1-47H. The third-order valence-electron chi connectivity index (χ3n) is 15.8. The molecule has 1 aliphatic rings. The van der Waals surface area contributed by atoms with Crippen molar-refractivity contribution in [2.75, 3.05) is 4.90 Å². The van der Waals surface area contributed by atoms with E-state index in [1.54, 1.807) is 0 Å². The molecule has 0 saturated heterocycles. The van der Waals surface area contributed by atoms with E-state index in [9.17, 15) is 0 Å². The van der Waals surface area contributed by atoms with E-state index in [0.717, 1.165) is 99.9 Å². The minimum Gasteiger partial charge on any atom is -0.455 e. The van der Waals surface area contributed by atoms with Crippen LogP contribution in [0.1, 0.15) is 22.3 Å². The zero-order valence-electron chi connectivity index (χ0n) is 41.4. The summed E-state index contributed by atoms with van der Waals surface area (Å²) in [5.74, 6) is 0. The van der Waals surface area contributed by atoms with Gasteiger partial charge in [-0.05, 0) is 116 Å². The maximum Gasteiger partial charge on any atom is 0.143 e. The summed E-state index contributed by atoms with van der Waals surface area (Å²) in [6.45, 7) is 0. The number of para-hydroxylation sites is 5. The van der Waals surface area contributed by atoms with Crippen LogP contribution in [0.5, 0.6) is 0 Å². The van der Waals surface area contributed by atoms with Gasteiger partial charge in [0.2, 0.25) is 0 Å². The van der Waals surface area contributed by atoms with Crippen molar-refractivity contribution in [3.8, 4) is 55.6 Å². The highest BCUT2D eigenvalue weighted by molar-refractivity contribution is 6.11. The van der Waals surface area contributed by atoms with Gasteiger partial charge in [-0.25, -0.2) is 0 Å². The first-order valence-electron chi connectivity index (χ1n) is 26.1. The molecule has 14 aromatic rings. The summed E-state index contributed by atoms with van der Waals surface area (Å²) >= 11 is 0. The van der Waals surface area contributed by atoms with E-state index in [1.165, 1.54) is 38.9 Å². The second-order valence-electron chi connectivity index (χ2n) is 19.9. The molecule has 0 aliphatic heterocycles. The Balaban J connectivity index is 0.852. The lowest BCUT2D eigenvalue weighted by atomic mass is 9.67. The van der Waals surface area contributed by atoms with Crippen LogP contribution in [-0.4, -0.2) is 0 Å². The van der Waals surface area contributed by atoms with Crippen molar-refractivity contribution in [3.05, 3.63) is 307 Å². The summed E-state index contributed by atoms with van der Waals surface area (Å²) < 4.78 is 13.0. The van der Waals surface area contributed by atoms with Crippen LogP contribution in [-0.2, 0) is 5.41 Å². The normalized spacial score (nSPS) is 12.6. The SMILES string of the molecule is c1ccc(C2(c3ccccc3)c3ccccc3-c3cc(-c4cccc(-c5ccccc5N(c5ccc(-c6cccc7c6oc6ccccc67)cc5)c5ccc(-c6cccc7c6oc6ccccc67)cc5)c4)ccc32)cc1. The van der Waals surface area contributed by atoms with Crippen LogP contribution in [0, 0.1) is 0 Å². The largest absolute Gasteiger partial charge is 0.455 e. The Hall–Kier alpha value is -9.96. The van der Waals surface area contributed by atoms with Crippen molar-refractivity contribution in [1.29, 1.82) is 0 Å². The average Bonchev–Trinajstić information content (AvgIpc) is 4.17. The number of anilines is 3. The molecule has 15 rings (SSSR count). The fourth-order valence-electron chi connectivity index (χ4n) is 12.4. The third-order valence-corrected chi connectivity index (χ3v) is 15.8. The zero-order chi connectivity index (χ0) is 50.2. The quantitative estimate of drug-likeness (QED) is 0.144. The molecular weight excluding hydrogens is 923 g/mol. The van der Waals surface area contributed by atoms with Crippen molar-refractivity contribution in [1.82, 2.24) is 0 Å². The molecule has 12 aromatic carbocycles. The smallest absolute Gasteiger partial charge is 0.143 e. The highest BCUT2D eigenvalue weighted by Crippen LogP contribution is 2.57. The molecule has 3 nitrogen and oxygen atoms in total. The number of hydrogen-bond acceptors (Lipinski definition) is 3. The molecular formula is C73H47NO2. The highest BCUT2D eigenvalue weighted by atomic mass is 16.3. The zero-order valence-corrected chi connectivity index (χ0v) is 41.4. The fraction of sp³-hybridized carbons (Fsp3) is 0.0137. The van der Waals surface area contributed by atoms with Gasteiger partial charge in [0, 0.05) is 49.6 Å². The van der Waals surface area contributed by atoms with Gasteiger partial charge in [0.25, 0.3) is 0 Å². The number of benzene rings is 12. The van der Waals surface area contributed by atoms with E-state index in [4.69, 9.17) is 8.83 Å². The van der Waals surface area contributed by atoms with Gasteiger partial charge in [0.1, 0.15) is 22.3 Å². The van der Waals surface area contributed by atoms with Gasteiger partial charge in [-0.15, -0.1) is 0 Å². The molecule has 2 aromatic heterocycles. The second-order valence-corrected chi connectivity index (χ2v) is 19.9. The molecule has 0 atom stereocenters. The summed E-state index contributed by atoms with van der Waals surface area (Å²) in [6, 6.07) is 103. The summed E-state index contributed by atoms with van der Waals surface area (Å²) in [5, 5.41) is 4.48. The Labute approximate surface area is 440 Å². The summed E-state index contributed by atoms with van der Waals surface area (Å²) in [6.07, 6.45) is 0. The van der Waals surface area contributed by atoms with Crippen LogP contribution in [0.4, 0.5) is 17.1 Å². The minimum atomic E-state index is -0.449. The van der Waals surface area contributed by atoms with Crippen molar-refractivity contribution in [2.45, 2.75) is 5.41 Å². The first-order valence-corrected chi connectivity index (χ1v) is 26.1. The maximum atomic E-state index is 6.52. The predicted molar refractivity (Wildman–Crippen MR) is 315 cm³/mol. The Bertz CT molecular complexity index is 4310. The molecule has 2 heterocycles. The van der Waals surface area contributed by atoms with Gasteiger partial charge >= 0.3 is 0 Å². The third kappa shape index (κ3) is 6.83. The molecule has 0 spiro atoms. The van der Waals surface area contributed by atoms with Crippen LogP contribution in [0.3, 0.4) is 0 Å². The summed E-state index contributed by atoms with van der Waals surface area (Å²) in [4.78, 5) is 2.39. The van der Waals surface area contributed by atoms with E-state index in [2.05, 4.69) is 266 Å². The molecule has 356 valence electrons. The van der Waals surface area contributed by atoms with Gasteiger partial charge in [-0.3, -0.25) is 0 Å². The number of fused-ring (bicyclic) bond motifs is 9. The van der Waals surface area contributed by atoms with Crippen LogP contribution in [0.25, 0.3) is 99.5 Å². The van der Waals surface area contributed by atoms with Crippen molar-refractivity contribution in [3.63, 3.8) is 0 Å². The van der Waals surface area contributed by atoms with Gasteiger partial charge < -0.3 is 13.7 Å². The Morgan fingerprint density at radius 2 is 0.697 bits per heavy atom. The van der Waals surface area contributed by atoms with E-state index in [-0.39, 0.29) is 0 Å². The minimum absolute atomic E-state index is 0.449. The average molecular weight is 970 g/mol. The molecule has 0 amide bonds. The lowest BCUT2D eigenvalue weighted by Gasteiger charge is -2.33. The lowest BCUT2D eigenvalue weighted by Crippen LogP contribution is -2.28. The molecule has 0 unspecified atom stereocenters. The molecule has 0 saturated carbocycles. The number of furan rings is 2. The first kappa shape index (κ1) is 43.6. The topological polar surface area (TPSA) is 29.5 Å². The van der Waals surface area contributed by atoms with Crippen molar-refractivity contribution < 1.29 is 8.83 Å². The maximum absolute atomic E-state index is 6.52. The molecule has 0 N–H and O–H groups in total. The number of nitrogens with zero attached hydrogens (tertiary/aromatic N) is 1. The van der Waals surface area contributed by atoms with Crippen LogP contribution in [0.15, 0.2) is 294 Å². The molecule has 76 heavy (non-hydrogen) atoms. The Kier molecular flexibility index (Phi) is 10.1. The van der Waals surface area contributed by atoms with Crippen LogP contribution in [0.2, 0.25) is 0 Å². The summed E-state index contributed by atoms with van der Waals surface area (Å²) in [5.41, 5.74) is 22.8. The highest BCUT2D eigenvalue weighted by Gasteiger charge is 2.46. The van der Waals surface area contributed by atoms with Gasteiger partial charge in [-0.1, -0.05) is 231 Å². The Morgan fingerprint density at radius 3 is 1.30 bits per heavy atom. The monoisotopic (exact) mass is 969 g/mol. The van der Waals surface area contributed by atoms with E-state index in [1.807, 2.05) is 24.3 Å². The molecule has 0 bridgehead atoms. The van der Waals surface area contributed by atoms with E-state index >= 15 is 0 Å². The van der Waals surface area contributed by atoms with Crippen LogP contribution < -0.4 is 4.90 Å². The number of hydrogen-bond donors (Lipinski definition) is 0. The van der Waals surface area contributed by atoms with Gasteiger partial charge in [0.05, 0.1) is 11.1 Å². The van der Waals surface area contributed by atoms with Crippen molar-refractivity contribution >= 4 is 60.9 Å². The van der Waals surface area contributed by atoms with E-state index < -0.39 is 5.41 Å². The van der Waals surface area contributed by atoms with Gasteiger partial charge in [0.15, 0.2) is 0 Å². The first-order chi connectivity index (χ1) is 37.7. The number of rotatable bonds is 9. The second kappa shape index (κ2) is 17.6. The molecule has 0 radical (unpaired) electrons. The van der Waals surface area contributed by atoms with Crippen LogP contribution >= 0.6 is 0 Å². The molecule has 3 heteroatoms. The van der Waals surface area contributed by atoms with Crippen molar-refractivity contribution in [2.24, 2.45) is 0 Å². The van der Waals surface area contributed by atoms with Gasteiger partial charge in [-0.2, -0.15) is 0 Å². The lowest BCUT2D eigenvalue weighted by molar-refractivity contribution is 0.669. The fourth-order valence-corrected chi connectivity index (χ4v) is 12.4. The molecule has 0 fully saturated rings. The predicted octanol–water partition coefficient (Wildman–Crippen LogP) is 20.0.